The van der Waals surface area contributed by atoms with Crippen molar-refractivity contribution in [2.24, 2.45) is 5.73 Å². The van der Waals surface area contributed by atoms with Crippen molar-refractivity contribution >= 4 is 35.0 Å². The van der Waals surface area contributed by atoms with Gasteiger partial charge in [-0.1, -0.05) is 23.7 Å². The van der Waals surface area contributed by atoms with Crippen LogP contribution in [0.15, 0.2) is 36.5 Å². The monoisotopic (exact) mass is 390 g/mol. The van der Waals surface area contributed by atoms with Crippen LogP contribution < -0.4 is 16.4 Å². The highest BCUT2D eigenvalue weighted by atomic mass is 35.5. The molecular weight excluding hydrogens is 368 g/mol. The molecule has 0 radical (unpaired) electrons. The second kappa shape index (κ2) is 8.41. The number of para-hydroxylation sites is 1. The Morgan fingerprint density at radius 2 is 1.93 bits per heavy atom. The Kier molecular flexibility index (Phi) is 5.98. The van der Waals surface area contributed by atoms with E-state index in [1.807, 2.05) is 0 Å². The number of amides is 3. The number of likely N-dealkylation sites (tertiary alicyclic amines) is 1. The van der Waals surface area contributed by atoms with Gasteiger partial charge in [0, 0.05) is 19.2 Å². The molecule has 0 spiro atoms. The number of nitrogens with two attached hydrogens (primary N) is 1. The second-order valence-corrected chi connectivity index (χ2v) is 6.97. The molecule has 1 aromatic carbocycles. The third-order valence-corrected chi connectivity index (χ3v) is 4.88. The van der Waals surface area contributed by atoms with Crippen LogP contribution in [-0.2, 0) is 4.79 Å². The summed E-state index contributed by atoms with van der Waals surface area (Å²) in [5, 5.41) is 10.3. The molecule has 9 heteroatoms. The van der Waals surface area contributed by atoms with E-state index < -0.39 is 12.1 Å². The molecule has 1 fully saturated rings. The third kappa shape index (κ3) is 4.58. The molecule has 1 aliphatic heterocycles. The van der Waals surface area contributed by atoms with Gasteiger partial charge in [-0.2, -0.15) is 5.10 Å². The van der Waals surface area contributed by atoms with E-state index in [0.29, 0.717) is 29.6 Å². The van der Waals surface area contributed by atoms with Crippen molar-refractivity contribution in [2.75, 3.05) is 23.7 Å². The van der Waals surface area contributed by atoms with Gasteiger partial charge in [-0.3, -0.25) is 10.1 Å². The van der Waals surface area contributed by atoms with Crippen LogP contribution in [0.25, 0.3) is 0 Å². The maximum Gasteiger partial charge on any atom is 0.324 e. The van der Waals surface area contributed by atoms with E-state index in [-0.39, 0.29) is 11.9 Å². The Hall–Kier alpha value is -2.58. The standard InChI is InChI=1S/C18H23ClN6O2/c1-12(20)17(26)24-10-7-13(8-11-24)25-16(6-9-21-25)23-18(27)22-15-5-3-2-4-14(15)19/h2-6,9,12-13H,7-8,10-11,20H2,1H3,(H2,22,23,27)/t12-/m0/s1. The van der Waals surface area contributed by atoms with Gasteiger partial charge in [-0.25, -0.2) is 9.48 Å². The molecule has 3 rings (SSSR count). The van der Waals surface area contributed by atoms with Crippen LogP contribution in [-0.4, -0.2) is 45.8 Å². The zero-order valence-corrected chi connectivity index (χ0v) is 15.8. The quantitative estimate of drug-likeness (QED) is 0.746. The van der Waals surface area contributed by atoms with Gasteiger partial charge in [0.2, 0.25) is 5.91 Å². The number of halogens is 1. The van der Waals surface area contributed by atoms with Crippen molar-refractivity contribution in [1.82, 2.24) is 14.7 Å². The summed E-state index contributed by atoms with van der Waals surface area (Å²) in [6.07, 6.45) is 3.15. The number of hydrogen-bond donors (Lipinski definition) is 3. The van der Waals surface area contributed by atoms with Crippen molar-refractivity contribution in [2.45, 2.75) is 31.8 Å². The number of urea groups is 1. The zero-order chi connectivity index (χ0) is 19.4. The lowest BCUT2D eigenvalue weighted by Crippen LogP contribution is -2.46. The SMILES string of the molecule is C[C@H](N)C(=O)N1CCC(n2nccc2NC(=O)Nc2ccccc2Cl)CC1. The average Bonchev–Trinajstić information content (AvgIpc) is 3.11. The highest BCUT2D eigenvalue weighted by molar-refractivity contribution is 6.33. The van der Waals surface area contributed by atoms with Crippen molar-refractivity contribution in [3.63, 3.8) is 0 Å². The molecule has 2 heterocycles. The molecule has 1 aromatic heterocycles. The summed E-state index contributed by atoms with van der Waals surface area (Å²) in [5.74, 6) is 0.558. The summed E-state index contributed by atoms with van der Waals surface area (Å²) >= 11 is 6.06. The molecule has 8 nitrogen and oxygen atoms in total. The number of piperidine rings is 1. The number of aromatic nitrogens is 2. The van der Waals surface area contributed by atoms with Crippen molar-refractivity contribution in [1.29, 1.82) is 0 Å². The van der Waals surface area contributed by atoms with Crippen molar-refractivity contribution in [3.05, 3.63) is 41.6 Å². The summed E-state index contributed by atoms with van der Waals surface area (Å²) < 4.78 is 1.79. The molecule has 27 heavy (non-hydrogen) atoms. The smallest absolute Gasteiger partial charge is 0.324 e. The van der Waals surface area contributed by atoms with Crippen LogP contribution in [0, 0.1) is 0 Å². The zero-order valence-electron chi connectivity index (χ0n) is 15.1. The predicted octanol–water partition coefficient (Wildman–Crippen LogP) is 2.69. The second-order valence-electron chi connectivity index (χ2n) is 6.57. The fraction of sp³-hybridized carbons (Fsp3) is 0.389. The Morgan fingerprint density at radius 1 is 1.22 bits per heavy atom. The lowest BCUT2D eigenvalue weighted by Gasteiger charge is -2.33. The minimum Gasteiger partial charge on any atom is -0.341 e. The highest BCUT2D eigenvalue weighted by Gasteiger charge is 2.27. The summed E-state index contributed by atoms with van der Waals surface area (Å²) in [6.45, 7) is 2.94. The van der Waals surface area contributed by atoms with Gasteiger partial charge in [0.25, 0.3) is 0 Å². The first-order valence-electron chi connectivity index (χ1n) is 8.86. The Morgan fingerprint density at radius 3 is 2.59 bits per heavy atom. The van der Waals surface area contributed by atoms with Crippen molar-refractivity contribution in [3.8, 4) is 0 Å². The van der Waals surface area contributed by atoms with E-state index in [2.05, 4.69) is 15.7 Å². The Bertz CT molecular complexity index is 814. The average molecular weight is 391 g/mol. The van der Waals surface area contributed by atoms with Gasteiger partial charge in [-0.15, -0.1) is 0 Å². The molecule has 3 amide bonds. The molecule has 144 valence electrons. The van der Waals surface area contributed by atoms with Crippen LogP contribution in [0.2, 0.25) is 5.02 Å². The molecule has 1 aliphatic rings. The molecular formula is C18H23ClN6O2. The maximum atomic E-state index is 12.3. The number of nitrogens with zero attached hydrogens (tertiary/aromatic N) is 3. The van der Waals surface area contributed by atoms with Gasteiger partial charge >= 0.3 is 6.03 Å². The fourth-order valence-electron chi connectivity index (χ4n) is 3.16. The number of anilines is 2. The van der Waals surface area contributed by atoms with E-state index >= 15 is 0 Å². The van der Waals surface area contributed by atoms with Crippen LogP contribution in [0.4, 0.5) is 16.3 Å². The lowest BCUT2D eigenvalue weighted by molar-refractivity contribution is -0.133. The minimum atomic E-state index is -0.489. The number of carbonyl (C=O) groups is 2. The van der Waals surface area contributed by atoms with Gasteiger partial charge in [0.1, 0.15) is 5.82 Å². The van der Waals surface area contributed by atoms with Crippen LogP contribution in [0.5, 0.6) is 0 Å². The molecule has 0 aliphatic carbocycles. The number of rotatable bonds is 4. The Labute approximate surface area is 162 Å². The van der Waals surface area contributed by atoms with Gasteiger partial charge in [0.05, 0.1) is 29.0 Å². The summed E-state index contributed by atoms with van der Waals surface area (Å²) in [4.78, 5) is 26.1. The van der Waals surface area contributed by atoms with Gasteiger partial charge in [-0.05, 0) is 31.9 Å². The van der Waals surface area contributed by atoms with Gasteiger partial charge < -0.3 is 16.0 Å². The number of carbonyl (C=O) groups excluding carboxylic acids is 2. The van der Waals surface area contributed by atoms with E-state index in [1.165, 1.54) is 0 Å². The molecule has 2 aromatic rings. The number of nitrogens with one attached hydrogen (secondary N) is 2. The predicted molar refractivity (Wildman–Crippen MR) is 105 cm³/mol. The summed E-state index contributed by atoms with van der Waals surface area (Å²) in [7, 11) is 0. The van der Waals surface area contributed by atoms with Crippen LogP contribution in [0.1, 0.15) is 25.8 Å². The third-order valence-electron chi connectivity index (χ3n) is 4.55. The molecule has 1 saturated heterocycles. The number of hydrogen-bond acceptors (Lipinski definition) is 4. The molecule has 0 unspecified atom stereocenters. The first kappa shape index (κ1) is 19.2. The maximum absolute atomic E-state index is 12.3. The van der Waals surface area contributed by atoms with E-state index in [0.717, 1.165) is 12.8 Å². The lowest BCUT2D eigenvalue weighted by atomic mass is 10.0. The molecule has 4 N–H and O–H groups in total. The Balaban J connectivity index is 1.61. The van der Waals surface area contributed by atoms with Crippen molar-refractivity contribution < 1.29 is 9.59 Å². The first-order valence-corrected chi connectivity index (χ1v) is 9.24. The highest BCUT2D eigenvalue weighted by Crippen LogP contribution is 2.26. The molecule has 0 bridgehead atoms. The molecule has 1 atom stereocenters. The normalized spacial score (nSPS) is 16.0. The van der Waals surface area contributed by atoms with E-state index in [9.17, 15) is 9.59 Å². The van der Waals surface area contributed by atoms with Gasteiger partial charge in [0.15, 0.2) is 0 Å². The topological polar surface area (TPSA) is 105 Å². The first-order chi connectivity index (χ1) is 13.0. The van der Waals surface area contributed by atoms with Crippen LogP contribution >= 0.6 is 11.6 Å². The largest absolute Gasteiger partial charge is 0.341 e. The minimum absolute atomic E-state index is 0.0358. The van der Waals surface area contributed by atoms with E-state index in [1.54, 1.807) is 53.0 Å². The fourth-order valence-corrected chi connectivity index (χ4v) is 3.34. The number of benzene rings is 1. The van der Waals surface area contributed by atoms with Crippen LogP contribution in [0.3, 0.4) is 0 Å². The summed E-state index contributed by atoms with van der Waals surface area (Å²) in [5.41, 5.74) is 6.21. The molecule has 0 saturated carbocycles. The summed E-state index contributed by atoms with van der Waals surface area (Å²) in [6, 6.07) is 7.99. The van der Waals surface area contributed by atoms with E-state index in [4.69, 9.17) is 17.3 Å².